The zero-order valence-corrected chi connectivity index (χ0v) is 16.7. The minimum atomic E-state index is 0.382. The third-order valence-electron chi connectivity index (χ3n) is 5.14. The normalized spacial score (nSPS) is 16.9. The van der Waals surface area contributed by atoms with Crippen LogP contribution in [0.5, 0.6) is 5.75 Å². The highest BCUT2D eigenvalue weighted by Crippen LogP contribution is 2.23. The van der Waals surface area contributed by atoms with Gasteiger partial charge in [-0.1, -0.05) is 46.0 Å². The van der Waals surface area contributed by atoms with E-state index in [9.17, 15) is 0 Å². The molecule has 4 heteroatoms. The Kier molecular flexibility index (Phi) is 7.64. The fraction of sp³-hybridized carbons (Fsp3) is 0.565. The van der Waals surface area contributed by atoms with Gasteiger partial charge in [-0.2, -0.15) is 0 Å². The molecule has 146 valence electrons. The second kappa shape index (κ2) is 10.4. The van der Waals surface area contributed by atoms with Crippen LogP contribution in [-0.2, 0) is 11.2 Å². The largest absolute Gasteiger partial charge is 0.493 e. The average molecular weight is 369 g/mol. The summed E-state index contributed by atoms with van der Waals surface area (Å²) in [5, 5.41) is 0. The minimum Gasteiger partial charge on any atom is -0.493 e. The zero-order valence-electron chi connectivity index (χ0n) is 16.7. The van der Waals surface area contributed by atoms with Gasteiger partial charge in [0.25, 0.3) is 0 Å². The Morgan fingerprint density at radius 2 is 1.70 bits per heavy atom. The number of benzene rings is 1. The maximum absolute atomic E-state index is 5.84. The first-order chi connectivity index (χ1) is 13.3. The van der Waals surface area contributed by atoms with E-state index in [1.54, 1.807) is 0 Å². The number of rotatable bonds is 12. The van der Waals surface area contributed by atoms with Gasteiger partial charge in [-0.3, -0.25) is 0 Å². The van der Waals surface area contributed by atoms with Gasteiger partial charge in [-0.05, 0) is 42.7 Å². The van der Waals surface area contributed by atoms with E-state index in [-0.39, 0.29) is 0 Å². The molecule has 1 fully saturated rings. The molecule has 1 aromatic heterocycles. The van der Waals surface area contributed by atoms with Crippen molar-refractivity contribution in [2.75, 3.05) is 13.2 Å². The van der Waals surface area contributed by atoms with Crippen molar-refractivity contribution in [2.45, 2.75) is 64.9 Å². The minimum absolute atomic E-state index is 0.382. The van der Waals surface area contributed by atoms with E-state index < -0.39 is 0 Å². The van der Waals surface area contributed by atoms with Crippen LogP contribution in [0.15, 0.2) is 36.7 Å². The third kappa shape index (κ3) is 6.62. The van der Waals surface area contributed by atoms with Gasteiger partial charge in [0.2, 0.25) is 0 Å². The highest BCUT2D eigenvalue weighted by Gasteiger charge is 2.29. The number of unbranched alkanes of at least 4 members (excludes halogenated alkanes) is 5. The van der Waals surface area contributed by atoms with Crippen molar-refractivity contribution in [3.63, 3.8) is 0 Å². The van der Waals surface area contributed by atoms with Crippen LogP contribution < -0.4 is 4.74 Å². The van der Waals surface area contributed by atoms with Gasteiger partial charge in [0.05, 0.1) is 19.3 Å². The number of hydrogen-bond donors (Lipinski definition) is 0. The lowest BCUT2D eigenvalue weighted by Gasteiger charge is -2.11. The first kappa shape index (κ1) is 19.8. The van der Waals surface area contributed by atoms with Crippen LogP contribution in [-0.4, -0.2) is 29.3 Å². The molecule has 0 N–H and O–H groups in total. The molecule has 2 heterocycles. The number of nitrogens with zero attached hydrogens (tertiary/aromatic N) is 2. The van der Waals surface area contributed by atoms with E-state index in [1.165, 1.54) is 44.1 Å². The number of aromatic nitrogens is 2. The summed E-state index contributed by atoms with van der Waals surface area (Å²) in [6, 6.07) is 8.03. The van der Waals surface area contributed by atoms with Crippen molar-refractivity contribution < 1.29 is 9.47 Å². The van der Waals surface area contributed by atoms with Crippen LogP contribution in [0.3, 0.4) is 0 Å². The Bertz CT molecular complexity index is 666. The first-order valence-corrected chi connectivity index (χ1v) is 10.4. The third-order valence-corrected chi connectivity index (χ3v) is 5.14. The van der Waals surface area contributed by atoms with Crippen LogP contribution in [0.2, 0.25) is 0 Å². The second-order valence-electron chi connectivity index (χ2n) is 7.62. The van der Waals surface area contributed by atoms with Gasteiger partial charge in [0.1, 0.15) is 5.75 Å². The Morgan fingerprint density at radius 1 is 1.04 bits per heavy atom. The molecule has 0 aliphatic carbocycles. The summed E-state index contributed by atoms with van der Waals surface area (Å²) in [6.45, 7) is 5.97. The maximum atomic E-state index is 5.84. The van der Waals surface area contributed by atoms with Crippen molar-refractivity contribution in [2.24, 2.45) is 5.92 Å². The van der Waals surface area contributed by atoms with Gasteiger partial charge in [0, 0.05) is 23.9 Å². The topological polar surface area (TPSA) is 47.5 Å². The van der Waals surface area contributed by atoms with Crippen LogP contribution in [0, 0.1) is 5.92 Å². The lowest BCUT2D eigenvalue weighted by molar-refractivity contribution is 0.223. The molecule has 0 amide bonds. The first-order valence-electron chi connectivity index (χ1n) is 10.4. The SMILES string of the molecule is CCCCCCCCc1cnc(-c2ccc(OCC(C)[C@H]3CO3)cc2)nc1. The molecule has 0 saturated carbocycles. The monoisotopic (exact) mass is 368 g/mol. The molecule has 0 bridgehead atoms. The van der Waals surface area contributed by atoms with Gasteiger partial charge >= 0.3 is 0 Å². The Morgan fingerprint density at radius 3 is 2.37 bits per heavy atom. The molecule has 1 saturated heterocycles. The van der Waals surface area contributed by atoms with Crippen molar-refractivity contribution in [3.8, 4) is 17.1 Å². The van der Waals surface area contributed by atoms with Crippen molar-refractivity contribution in [1.29, 1.82) is 0 Å². The van der Waals surface area contributed by atoms with Gasteiger partial charge in [0.15, 0.2) is 5.82 Å². The molecule has 27 heavy (non-hydrogen) atoms. The van der Waals surface area contributed by atoms with E-state index >= 15 is 0 Å². The van der Waals surface area contributed by atoms with Crippen LogP contribution in [0.4, 0.5) is 0 Å². The summed E-state index contributed by atoms with van der Waals surface area (Å²) in [7, 11) is 0. The summed E-state index contributed by atoms with van der Waals surface area (Å²) in [5.74, 6) is 2.09. The lowest BCUT2D eigenvalue weighted by Crippen LogP contribution is -2.14. The summed E-state index contributed by atoms with van der Waals surface area (Å²) < 4.78 is 11.1. The number of epoxide rings is 1. The van der Waals surface area contributed by atoms with E-state index in [4.69, 9.17) is 9.47 Å². The molecule has 2 aromatic rings. The summed E-state index contributed by atoms with van der Waals surface area (Å²) in [5.41, 5.74) is 2.25. The molecule has 2 atom stereocenters. The number of ether oxygens (including phenoxy) is 2. The molecular formula is C23H32N2O2. The fourth-order valence-electron chi connectivity index (χ4n) is 3.16. The predicted molar refractivity (Wildman–Crippen MR) is 109 cm³/mol. The average Bonchev–Trinajstić information content (AvgIpc) is 3.55. The molecule has 4 nitrogen and oxygen atoms in total. The van der Waals surface area contributed by atoms with E-state index in [1.807, 2.05) is 36.7 Å². The molecule has 1 aromatic carbocycles. The fourth-order valence-corrected chi connectivity index (χ4v) is 3.16. The summed E-state index contributed by atoms with van der Waals surface area (Å²) >= 11 is 0. The van der Waals surface area contributed by atoms with E-state index in [0.29, 0.717) is 18.6 Å². The van der Waals surface area contributed by atoms with Crippen LogP contribution in [0.1, 0.15) is 57.9 Å². The van der Waals surface area contributed by atoms with Gasteiger partial charge in [-0.15, -0.1) is 0 Å². The highest BCUT2D eigenvalue weighted by molar-refractivity contribution is 5.55. The Balaban J connectivity index is 1.43. The molecule has 3 rings (SSSR count). The molecule has 0 radical (unpaired) electrons. The lowest BCUT2D eigenvalue weighted by atomic mass is 10.1. The number of aryl methyl sites for hydroxylation is 1. The van der Waals surface area contributed by atoms with Crippen molar-refractivity contribution in [3.05, 3.63) is 42.2 Å². The molecular weight excluding hydrogens is 336 g/mol. The maximum Gasteiger partial charge on any atom is 0.159 e. The van der Waals surface area contributed by atoms with Gasteiger partial charge < -0.3 is 9.47 Å². The Labute approximate surface area is 163 Å². The van der Waals surface area contributed by atoms with Crippen molar-refractivity contribution >= 4 is 0 Å². The van der Waals surface area contributed by atoms with Crippen LogP contribution >= 0.6 is 0 Å². The molecule has 1 unspecified atom stereocenters. The molecule has 0 spiro atoms. The smallest absolute Gasteiger partial charge is 0.159 e. The summed E-state index contributed by atoms with van der Waals surface area (Å²) in [6.07, 6.45) is 13.3. The highest BCUT2D eigenvalue weighted by atomic mass is 16.6. The van der Waals surface area contributed by atoms with E-state index in [2.05, 4.69) is 23.8 Å². The second-order valence-corrected chi connectivity index (χ2v) is 7.62. The predicted octanol–water partition coefficient (Wildman–Crippen LogP) is 5.46. The molecule has 1 aliphatic rings. The Hall–Kier alpha value is -1.94. The van der Waals surface area contributed by atoms with Crippen molar-refractivity contribution in [1.82, 2.24) is 9.97 Å². The summed E-state index contributed by atoms with van der Waals surface area (Å²) in [4.78, 5) is 9.09. The molecule has 1 aliphatic heterocycles. The van der Waals surface area contributed by atoms with Crippen LogP contribution in [0.25, 0.3) is 11.4 Å². The van der Waals surface area contributed by atoms with Gasteiger partial charge in [-0.25, -0.2) is 9.97 Å². The standard InChI is InChI=1S/C23H32N2O2/c1-3-4-5-6-7-8-9-19-14-24-23(25-15-19)20-10-12-21(13-11-20)26-16-18(2)22-17-27-22/h10-15,18,22H,3-9,16-17H2,1-2H3/t18?,22-/m1/s1. The van der Waals surface area contributed by atoms with E-state index in [0.717, 1.165) is 30.2 Å². The zero-order chi connectivity index (χ0) is 18.9. The number of hydrogen-bond acceptors (Lipinski definition) is 4. The quantitative estimate of drug-likeness (QED) is 0.369.